The zero-order valence-electron chi connectivity index (χ0n) is 12.6. The van der Waals surface area contributed by atoms with Crippen LogP contribution in [0.1, 0.15) is 36.4 Å². The molecule has 110 valence electrons. The third-order valence-electron chi connectivity index (χ3n) is 3.46. The minimum absolute atomic E-state index is 0.905. The van der Waals surface area contributed by atoms with Crippen molar-refractivity contribution in [2.45, 2.75) is 33.6 Å². The van der Waals surface area contributed by atoms with E-state index in [-0.39, 0.29) is 0 Å². The molecule has 0 amide bonds. The van der Waals surface area contributed by atoms with Gasteiger partial charge in [-0.15, -0.1) is 0 Å². The van der Waals surface area contributed by atoms with Gasteiger partial charge in [0.1, 0.15) is 0 Å². The van der Waals surface area contributed by atoms with Crippen molar-refractivity contribution in [2.75, 3.05) is 0 Å². The van der Waals surface area contributed by atoms with Crippen LogP contribution in [0.4, 0.5) is 0 Å². The van der Waals surface area contributed by atoms with Crippen molar-refractivity contribution in [3.05, 3.63) is 52.9 Å². The Morgan fingerprint density at radius 2 is 2.05 bits per heavy atom. The molecule has 0 atom stereocenters. The van der Waals surface area contributed by atoms with Gasteiger partial charge < -0.3 is 5.11 Å². The average Bonchev–Trinajstić information content (AvgIpc) is 2.89. The van der Waals surface area contributed by atoms with Crippen LogP contribution >= 0.6 is 0 Å². The smallest absolute Gasteiger partial charge is 0.328 e. The Hall–Kier alpha value is -2.36. The first-order valence-corrected chi connectivity index (χ1v) is 7.15. The summed E-state index contributed by atoms with van der Waals surface area (Å²) in [5, 5.41) is 13.3. The lowest BCUT2D eigenvalue weighted by atomic mass is 10.1. The highest BCUT2D eigenvalue weighted by molar-refractivity contribution is 5.85. The molecule has 1 heterocycles. The summed E-state index contributed by atoms with van der Waals surface area (Å²) in [6, 6.07) is 8.07. The van der Waals surface area contributed by atoms with E-state index in [1.54, 1.807) is 6.08 Å². The van der Waals surface area contributed by atoms with E-state index in [2.05, 4.69) is 25.0 Å². The number of aromatic nitrogens is 2. The maximum Gasteiger partial charge on any atom is 0.328 e. The molecule has 4 nitrogen and oxygen atoms in total. The summed E-state index contributed by atoms with van der Waals surface area (Å²) in [5.74, 6) is -0.939. The van der Waals surface area contributed by atoms with Crippen LogP contribution in [-0.4, -0.2) is 20.9 Å². The average molecular weight is 284 g/mol. The summed E-state index contributed by atoms with van der Waals surface area (Å²) in [7, 11) is 0. The molecule has 0 saturated carbocycles. The molecule has 2 aromatic rings. The van der Waals surface area contributed by atoms with Crippen molar-refractivity contribution in [2.24, 2.45) is 0 Å². The number of aliphatic carboxylic acids is 1. The Morgan fingerprint density at radius 3 is 2.62 bits per heavy atom. The van der Waals surface area contributed by atoms with Crippen LogP contribution in [-0.2, 0) is 17.6 Å². The number of carboxylic acid groups (broad SMARTS) is 1. The summed E-state index contributed by atoms with van der Waals surface area (Å²) in [6.45, 7) is 6.18. The Labute approximate surface area is 124 Å². The van der Waals surface area contributed by atoms with E-state index in [0.717, 1.165) is 41.4 Å². The molecule has 0 aliphatic carbocycles. The number of aryl methyl sites for hydroxylation is 3. The van der Waals surface area contributed by atoms with Gasteiger partial charge in [-0.25, -0.2) is 9.48 Å². The second-order valence-corrected chi connectivity index (χ2v) is 4.96. The Bertz CT molecular complexity index is 684. The molecule has 0 radical (unpaired) electrons. The number of hydrogen-bond donors (Lipinski definition) is 1. The van der Waals surface area contributed by atoms with Gasteiger partial charge in [0.05, 0.1) is 11.4 Å². The van der Waals surface area contributed by atoms with Crippen molar-refractivity contribution in [1.29, 1.82) is 0 Å². The zero-order valence-corrected chi connectivity index (χ0v) is 12.6. The van der Waals surface area contributed by atoms with Crippen molar-refractivity contribution < 1.29 is 9.90 Å². The fourth-order valence-electron chi connectivity index (χ4n) is 2.26. The van der Waals surface area contributed by atoms with Gasteiger partial charge in [0, 0.05) is 11.8 Å². The van der Waals surface area contributed by atoms with E-state index in [0.29, 0.717) is 0 Å². The highest BCUT2D eigenvalue weighted by Gasteiger charge is 2.08. The molecule has 21 heavy (non-hydrogen) atoms. The Balaban J connectivity index is 2.40. The first-order valence-electron chi connectivity index (χ1n) is 7.15. The maximum atomic E-state index is 10.6. The number of carbonyl (C=O) groups is 1. The van der Waals surface area contributed by atoms with Crippen LogP contribution in [0, 0.1) is 6.92 Å². The largest absolute Gasteiger partial charge is 0.478 e. The van der Waals surface area contributed by atoms with E-state index in [4.69, 9.17) is 5.11 Å². The molecule has 1 aromatic heterocycles. The van der Waals surface area contributed by atoms with Crippen LogP contribution < -0.4 is 0 Å². The van der Waals surface area contributed by atoms with Crippen molar-refractivity contribution in [3.8, 4) is 5.69 Å². The molecular weight excluding hydrogens is 264 g/mol. The highest BCUT2D eigenvalue weighted by Crippen LogP contribution is 2.18. The summed E-state index contributed by atoms with van der Waals surface area (Å²) in [5.41, 5.74) is 5.21. The second-order valence-electron chi connectivity index (χ2n) is 4.96. The van der Waals surface area contributed by atoms with E-state index >= 15 is 0 Å². The van der Waals surface area contributed by atoms with Gasteiger partial charge in [0.25, 0.3) is 0 Å². The van der Waals surface area contributed by atoms with E-state index in [9.17, 15) is 4.79 Å². The summed E-state index contributed by atoms with van der Waals surface area (Å²) < 4.78 is 1.97. The normalized spacial score (nSPS) is 11.2. The zero-order chi connectivity index (χ0) is 15.4. The van der Waals surface area contributed by atoms with Crippen LogP contribution in [0.15, 0.2) is 30.3 Å². The van der Waals surface area contributed by atoms with Crippen molar-refractivity contribution in [1.82, 2.24) is 9.78 Å². The number of hydrogen-bond acceptors (Lipinski definition) is 2. The summed E-state index contributed by atoms with van der Waals surface area (Å²) in [6.07, 6.45) is 4.61. The molecular formula is C17H20N2O2. The summed E-state index contributed by atoms with van der Waals surface area (Å²) in [4.78, 5) is 10.6. The standard InChI is InChI=1S/C17H20N2O2/c1-4-14-11-15(5-2)19(18-14)16-8-6-13(12(3)10-16)7-9-17(20)21/h6-11H,4-5H2,1-3H3,(H,20,21)/b9-7+. The Morgan fingerprint density at radius 1 is 1.29 bits per heavy atom. The molecule has 0 aliphatic heterocycles. The molecule has 4 heteroatoms. The van der Waals surface area contributed by atoms with Gasteiger partial charge in [0.2, 0.25) is 0 Å². The van der Waals surface area contributed by atoms with Gasteiger partial charge >= 0.3 is 5.97 Å². The van der Waals surface area contributed by atoms with Gasteiger partial charge in [-0.05, 0) is 55.2 Å². The molecule has 0 fully saturated rings. The van der Waals surface area contributed by atoms with Gasteiger partial charge in [-0.1, -0.05) is 19.9 Å². The van der Waals surface area contributed by atoms with Crippen LogP contribution in [0.25, 0.3) is 11.8 Å². The molecule has 1 N–H and O–H groups in total. The van der Waals surface area contributed by atoms with Crippen molar-refractivity contribution >= 4 is 12.0 Å². The molecule has 2 rings (SSSR count). The van der Waals surface area contributed by atoms with Crippen LogP contribution in [0.3, 0.4) is 0 Å². The fraction of sp³-hybridized carbons (Fsp3) is 0.294. The lowest BCUT2D eigenvalue weighted by molar-refractivity contribution is -0.131. The number of rotatable bonds is 5. The third-order valence-corrected chi connectivity index (χ3v) is 3.46. The predicted octanol–water partition coefficient (Wildman–Crippen LogP) is 3.40. The second kappa shape index (κ2) is 6.39. The molecule has 0 aliphatic rings. The van der Waals surface area contributed by atoms with Crippen LogP contribution in [0.2, 0.25) is 0 Å². The summed E-state index contributed by atoms with van der Waals surface area (Å²) >= 11 is 0. The van der Waals surface area contributed by atoms with Crippen molar-refractivity contribution in [3.63, 3.8) is 0 Å². The lowest BCUT2D eigenvalue weighted by Gasteiger charge is -2.08. The molecule has 0 unspecified atom stereocenters. The molecule has 0 spiro atoms. The third kappa shape index (κ3) is 3.40. The number of carboxylic acids is 1. The topological polar surface area (TPSA) is 55.1 Å². The molecule has 0 bridgehead atoms. The predicted molar refractivity (Wildman–Crippen MR) is 83.7 cm³/mol. The monoisotopic (exact) mass is 284 g/mol. The fourth-order valence-corrected chi connectivity index (χ4v) is 2.26. The maximum absolute atomic E-state index is 10.6. The minimum atomic E-state index is -0.939. The quantitative estimate of drug-likeness (QED) is 0.856. The van der Waals surface area contributed by atoms with Crippen LogP contribution in [0.5, 0.6) is 0 Å². The minimum Gasteiger partial charge on any atom is -0.478 e. The first kappa shape index (κ1) is 15.0. The van der Waals surface area contributed by atoms with Gasteiger partial charge in [-0.2, -0.15) is 5.10 Å². The van der Waals surface area contributed by atoms with Gasteiger partial charge in [0.15, 0.2) is 0 Å². The van der Waals surface area contributed by atoms with E-state index in [1.165, 1.54) is 5.69 Å². The number of benzene rings is 1. The van der Waals surface area contributed by atoms with Gasteiger partial charge in [-0.3, -0.25) is 0 Å². The lowest BCUT2D eigenvalue weighted by Crippen LogP contribution is -2.02. The SMILES string of the molecule is CCc1cc(CC)n(-c2ccc(/C=C/C(=O)O)c(C)c2)n1. The highest BCUT2D eigenvalue weighted by atomic mass is 16.4. The number of nitrogens with zero attached hydrogens (tertiary/aromatic N) is 2. The van der Waals surface area contributed by atoms with E-state index in [1.807, 2.05) is 29.8 Å². The first-order chi connectivity index (χ1) is 10.0. The molecule has 0 saturated heterocycles. The Kier molecular flexibility index (Phi) is 4.58. The molecule has 1 aromatic carbocycles. The van der Waals surface area contributed by atoms with E-state index < -0.39 is 5.97 Å².